The van der Waals surface area contributed by atoms with E-state index < -0.39 is 0 Å². The van der Waals surface area contributed by atoms with E-state index in [0.717, 1.165) is 11.1 Å². The van der Waals surface area contributed by atoms with Gasteiger partial charge in [-0.1, -0.05) is 24.3 Å². The molecule has 1 N–H and O–H groups in total. The zero-order chi connectivity index (χ0) is 13.5. The van der Waals surface area contributed by atoms with Crippen molar-refractivity contribution >= 4 is 5.82 Å². The first kappa shape index (κ1) is 13.5. The van der Waals surface area contributed by atoms with E-state index in [-0.39, 0.29) is 5.82 Å². The first-order chi connectivity index (χ1) is 9.29. The molecule has 0 aliphatic rings. The Hall–Kier alpha value is -1.94. The van der Waals surface area contributed by atoms with Gasteiger partial charge in [0.05, 0.1) is 12.8 Å². The summed E-state index contributed by atoms with van der Waals surface area (Å²) in [5, 5.41) is 3.17. The maximum Gasteiger partial charge on any atom is 0.141 e. The van der Waals surface area contributed by atoms with Crippen molar-refractivity contribution in [1.82, 2.24) is 4.98 Å². The van der Waals surface area contributed by atoms with Crippen molar-refractivity contribution in [3.8, 4) is 0 Å². The Bertz CT molecular complexity index is 514. The van der Waals surface area contributed by atoms with Crippen LogP contribution in [0.5, 0.6) is 0 Å². The van der Waals surface area contributed by atoms with E-state index in [1.807, 2.05) is 31.2 Å². The lowest BCUT2D eigenvalue weighted by Crippen LogP contribution is -2.05. The number of benzene rings is 1. The second-order valence-corrected chi connectivity index (χ2v) is 4.12. The summed E-state index contributed by atoms with van der Waals surface area (Å²) in [6.07, 6.45) is 1.20. The van der Waals surface area contributed by atoms with Crippen molar-refractivity contribution in [3.05, 3.63) is 59.5 Å². The molecule has 19 heavy (non-hydrogen) atoms. The molecule has 0 aliphatic heterocycles. The average molecular weight is 260 g/mol. The minimum atomic E-state index is -0.331. The molecule has 0 fully saturated rings. The van der Waals surface area contributed by atoms with Crippen LogP contribution in [0.15, 0.2) is 42.6 Å². The van der Waals surface area contributed by atoms with Crippen LogP contribution >= 0.6 is 0 Å². The SMILES string of the molecule is CCOCc1ccccc1CNc1ccc(F)cn1. The zero-order valence-corrected chi connectivity index (χ0v) is 10.9. The van der Waals surface area contributed by atoms with Gasteiger partial charge in [0.2, 0.25) is 0 Å². The van der Waals surface area contributed by atoms with Crippen molar-refractivity contribution in [2.24, 2.45) is 0 Å². The van der Waals surface area contributed by atoms with Gasteiger partial charge in [-0.05, 0) is 30.2 Å². The lowest BCUT2D eigenvalue weighted by molar-refractivity contribution is 0.133. The molecule has 0 unspecified atom stereocenters. The molecule has 2 aromatic rings. The van der Waals surface area contributed by atoms with E-state index in [2.05, 4.69) is 10.3 Å². The Labute approximate surface area is 112 Å². The predicted octanol–water partition coefficient (Wildman–Crippen LogP) is 3.37. The smallest absolute Gasteiger partial charge is 0.141 e. The summed E-state index contributed by atoms with van der Waals surface area (Å²) < 4.78 is 18.2. The highest BCUT2D eigenvalue weighted by molar-refractivity contribution is 5.37. The molecule has 1 aromatic carbocycles. The van der Waals surface area contributed by atoms with E-state index >= 15 is 0 Å². The molecule has 0 atom stereocenters. The number of rotatable bonds is 6. The summed E-state index contributed by atoms with van der Waals surface area (Å²) in [6, 6.07) is 11.1. The van der Waals surface area contributed by atoms with E-state index in [0.29, 0.717) is 25.6 Å². The molecule has 0 saturated heterocycles. The number of aromatic nitrogens is 1. The summed E-state index contributed by atoms with van der Waals surface area (Å²) in [7, 11) is 0. The third-order valence-electron chi connectivity index (χ3n) is 2.77. The quantitative estimate of drug-likeness (QED) is 0.864. The fraction of sp³-hybridized carbons (Fsp3) is 0.267. The lowest BCUT2D eigenvalue weighted by Gasteiger charge is -2.11. The van der Waals surface area contributed by atoms with E-state index in [1.54, 1.807) is 6.07 Å². The van der Waals surface area contributed by atoms with Gasteiger partial charge in [0.25, 0.3) is 0 Å². The molecule has 4 heteroatoms. The van der Waals surface area contributed by atoms with Crippen molar-refractivity contribution in [2.75, 3.05) is 11.9 Å². The average Bonchev–Trinajstić information content (AvgIpc) is 2.45. The molecular formula is C15H17FN2O. The van der Waals surface area contributed by atoms with Gasteiger partial charge in [0.1, 0.15) is 11.6 Å². The van der Waals surface area contributed by atoms with Crippen LogP contribution < -0.4 is 5.32 Å². The molecule has 0 spiro atoms. The summed E-state index contributed by atoms with van der Waals surface area (Å²) in [4.78, 5) is 3.97. The Morgan fingerprint density at radius 1 is 1.16 bits per heavy atom. The van der Waals surface area contributed by atoms with Crippen LogP contribution in [0.1, 0.15) is 18.1 Å². The van der Waals surface area contributed by atoms with Crippen LogP contribution in [0.25, 0.3) is 0 Å². The Balaban J connectivity index is 2.00. The van der Waals surface area contributed by atoms with Crippen molar-refractivity contribution in [1.29, 1.82) is 0 Å². The Kier molecular flexibility index (Phi) is 4.86. The number of pyridine rings is 1. The molecule has 2 rings (SSSR count). The third kappa shape index (κ3) is 4.03. The van der Waals surface area contributed by atoms with Crippen LogP contribution in [0.2, 0.25) is 0 Å². The molecule has 0 radical (unpaired) electrons. The Morgan fingerprint density at radius 2 is 1.95 bits per heavy atom. The first-order valence-corrected chi connectivity index (χ1v) is 6.29. The number of halogens is 1. The van der Waals surface area contributed by atoms with Gasteiger partial charge >= 0.3 is 0 Å². The highest BCUT2D eigenvalue weighted by atomic mass is 19.1. The van der Waals surface area contributed by atoms with E-state index in [9.17, 15) is 4.39 Å². The molecule has 0 amide bonds. The number of ether oxygens (including phenoxy) is 1. The summed E-state index contributed by atoms with van der Waals surface area (Å²) >= 11 is 0. The van der Waals surface area contributed by atoms with Crippen molar-refractivity contribution in [3.63, 3.8) is 0 Å². The maximum absolute atomic E-state index is 12.7. The largest absolute Gasteiger partial charge is 0.377 e. The molecule has 0 aliphatic carbocycles. The fourth-order valence-corrected chi connectivity index (χ4v) is 1.75. The van der Waals surface area contributed by atoms with Gasteiger partial charge in [0, 0.05) is 13.2 Å². The van der Waals surface area contributed by atoms with E-state index in [4.69, 9.17) is 4.74 Å². The molecule has 0 saturated carbocycles. The number of nitrogens with one attached hydrogen (secondary N) is 1. The normalized spacial score (nSPS) is 10.4. The van der Waals surface area contributed by atoms with Gasteiger partial charge in [0.15, 0.2) is 0 Å². The molecule has 1 heterocycles. The highest BCUT2D eigenvalue weighted by Crippen LogP contribution is 2.12. The summed E-state index contributed by atoms with van der Waals surface area (Å²) in [5.41, 5.74) is 2.31. The lowest BCUT2D eigenvalue weighted by atomic mass is 10.1. The van der Waals surface area contributed by atoms with Crippen LogP contribution in [-0.2, 0) is 17.9 Å². The fourth-order valence-electron chi connectivity index (χ4n) is 1.75. The van der Waals surface area contributed by atoms with Crippen LogP contribution in [0, 0.1) is 5.82 Å². The number of hydrogen-bond donors (Lipinski definition) is 1. The highest BCUT2D eigenvalue weighted by Gasteiger charge is 2.02. The molecule has 1 aromatic heterocycles. The second kappa shape index (κ2) is 6.85. The van der Waals surface area contributed by atoms with Gasteiger partial charge in [-0.2, -0.15) is 0 Å². The number of hydrogen-bond acceptors (Lipinski definition) is 3. The molecule has 0 bridgehead atoms. The van der Waals surface area contributed by atoms with Crippen molar-refractivity contribution < 1.29 is 9.13 Å². The minimum absolute atomic E-state index is 0.331. The van der Waals surface area contributed by atoms with Gasteiger partial charge < -0.3 is 10.1 Å². The second-order valence-electron chi connectivity index (χ2n) is 4.12. The number of nitrogens with zero attached hydrogens (tertiary/aromatic N) is 1. The summed E-state index contributed by atoms with van der Waals surface area (Å²) in [6.45, 7) is 3.91. The third-order valence-corrected chi connectivity index (χ3v) is 2.77. The monoisotopic (exact) mass is 260 g/mol. The van der Waals surface area contributed by atoms with E-state index in [1.165, 1.54) is 12.3 Å². The maximum atomic E-state index is 12.7. The van der Waals surface area contributed by atoms with Crippen LogP contribution in [0.3, 0.4) is 0 Å². The molecular weight excluding hydrogens is 243 g/mol. The predicted molar refractivity (Wildman–Crippen MR) is 73.3 cm³/mol. The standard InChI is InChI=1S/C15H17FN2O/c1-2-19-11-13-6-4-3-5-12(13)9-17-15-8-7-14(16)10-18-15/h3-8,10H,2,9,11H2,1H3,(H,17,18). The van der Waals surface area contributed by atoms with Crippen molar-refractivity contribution in [2.45, 2.75) is 20.1 Å². The minimum Gasteiger partial charge on any atom is -0.377 e. The van der Waals surface area contributed by atoms with Gasteiger partial charge in [-0.3, -0.25) is 0 Å². The molecule has 100 valence electrons. The van der Waals surface area contributed by atoms with Crippen LogP contribution in [-0.4, -0.2) is 11.6 Å². The zero-order valence-electron chi connectivity index (χ0n) is 10.9. The van der Waals surface area contributed by atoms with Gasteiger partial charge in [-0.25, -0.2) is 9.37 Å². The first-order valence-electron chi connectivity index (χ1n) is 6.29. The van der Waals surface area contributed by atoms with Crippen LogP contribution in [0.4, 0.5) is 10.2 Å². The Morgan fingerprint density at radius 3 is 2.63 bits per heavy atom. The molecule has 3 nitrogen and oxygen atoms in total. The summed E-state index contributed by atoms with van der Waals surface area (Å²) in [5.74, 6) is 0.329. The number of anilines is 1. The van der Waals surface area contributed by atoms with Gasteiger partial charge in [-0.15, -0.1) is 0 Å². The topological polar surface area (TPSA) is 34.1 Å².